The Balaban J connectivity index is 1.34. The summed E-state index contributed by atoms with van der Waals surface area (Å²) in [5.74, 6) is 0.669. The Morgan fingerprint density at radius 3 is 1.76 bits per heavy atom. The highest BCUT2D eigenvalue weighted by Gasteiger charge is 2.21. The quantitative estimate of drug-likeness (QED) is 0.206. The molecule has 4 heteroatoms. The molecule has 0 spiro atoms. The van der Waals surface area contributed by atoms with E-state index in [1.165, 1.54) is 43.4 Å². The molecule has 0 unspecified atom stereocenters. The highest BCUT2D eigenvalue weighted by atomic mass is 15.2. The van der Waals surface area contributed by atoms with Crippen molar-refractivity contribution in [1.82, 2.24) is 19.1 Å². The molecule has 0 atom stereocenters. The van der Waals surface area contributed by atoms with Crippen molar-refractivity contribution >= 4 is 65.3 Å². The van der Waals surface area contributed by atoms with Crippen LogP contribution in [-0.2, 0) is 0 Å². The molecule has 10 rings (SSSR count). The van der Waals surface area contributed by atoms with Crippen molar-refractivity contribution in [3.05, 3.63) is 158 Å². The molecule has 0 radical (unpaired) electrons. The summed E-state index contributed by atoms with van der Waals surface area (Å²) in [5, 5.41) is 8.37. The van der Waals surface area contributed by atoms with Crippen molar-refractivity contribution < 1.29 is 0 Å². The van der Waals surface area contributed by atoms with E-state index < -0.39 is 0 Å². The average Bonchev–Trinajstić information content (AvgIpc) is 3.65. The first-order chi connectivity index (χ1) is 22.8. The largest absolute Gasteiger partial charge is 0.309 e. The molecule has 0 bridgehead atoms. The van der Waals surface area contributed by atoms with Gasteiger partial charge in [-0.15, -0.1) is 0 Å². The number of aromatic nitrogens is 4. The van der Waals surface area contributed by atoms with E-state index in [-0.39, 0.29) is 0 Å². The van der Waals surface area contributed by atoms with Crippen molar-refractivity contribution in [2.75, 3.05) is 0 Å². The van der Waals surface area contributed by atoms with E-state index in [1.807, 2.05) is 12.1 Å². The zero-order valence-corrected chi connectivity index (χ0v) is 24.8. The number of hydrogen-bond donors (Lipinski definition) is 0. The number of para-hydroxylation sites is 4. The van der Waals surface area contributed by atoms with E-state index in [9.17, 15) is 0 Å². The molecule has 0 aliphatic heterocycles. The molecule has 0 aliphatic carbocycles. The van der Waals surface area contributed by atoms with Crippen LogP contribution >= 0.6 is 0 Å². The van der Waals surface area contributed by atoms with Crippen LogP contribution in [0.1, 0.15) is 0 Å². The minimum atomic E-state index is 0.669. The maximum atomic E-state index is 5.27. The summed E-state index contributed by atoms with van der Waals surface area (Å²) in [7, 11) is 0. The van der Waals surface area contributed by atoms with Crippen molar-refractivity contribution in [2.24, 2.45) is 0 Å². The zero-order valence-electron chi connectivity index (χ0n) is 24.8. The smallest absolute Gasteiger partial charge is 0.235 e. The Morgan fingerprint density at radius 2 is 0.957 bits per heavy atom. The molecule has 7 aromatic carbocycles. The Kier molecular flexibility index (Phi) is 5.25. The SMILES string of the molecule is c1ccc(-c2nc(-n3c4ccccc4c4c5ccc6c7ccccc7n(-c7ccccc7)c6c5ccc43)nc3ccccc23)cc1. The van der Waals surface area contributed by atoms with Gasteiger partial charge in [0.05, 0.1) is 33.3 Å². The van der Waals surface area contributed by atoms with Gasteiger partial charge in [-0.1, -0.05) is 121 Å². The topological polar surface area (TPSA) is 35.6 Å². The molecule has 4 nitrogen and oxygen atoms in total. The van der Waals surface area contributed by atoms with Crippen LogP contribution in [0.5, 0.6) is 0 Å². The highest BCUT2D eigenvalue weighted by Crippen LogP contribution is 2.42. The van der Waals surface area contributed by atoms with E-state index in [4.69, 9.17) is 9.97 Å². The number of hydrogen-bond acceptors (Lipinski definition) is 2. The lowest BCUT2D eigenvalue weighted by Crippen LogP contribution is -2.03. The van der Waals surface area contributed by atoms with Crippen LogP contribution in [-0.4, -0.2) is 19.1 Å². The van der Waals surface area contributed by atoms with Gasteiger partial charge in [-0.2, -0.15) is 0 Å². The fraction of sp³-hybridized carbons (Fsp3) is 0. The fourth-order valence-corrected chi connectivity index (χ4v) is 7.37. The summed E-state index contributed by atoms with van der Waals surface area (Å²) in [4.78, 5) is 10.4. The molecule has 0 N–H and O–H groups in total. The molecule has 214 valence electrons. The third-order valence-electron chi connectivity index (χ3n) is 9.32. The summed E-state index contributed by atoms with van der Waals surface area (Å²) in [6.07, 6.45) is 0. The maximum absolute atomic E-state index is 5.27. The molecule has 10 aromatic rings. The van der Waals surface area contributed by atoms with Crippen LogP contribution in [0.25, 0.3) is 88.2 Å². The van der Waals surface area contributed by atoms with E-state index in [1.54, 1.807) is 0 Å². The molecular weight excluding hydrogens is 560 g/mol. The monoisotopic (exact) mass is 586 g/mol. The molecule has 0 amide bonds. The van der Waals surface area contributed by atoms with Gasteiger partial charge < -0.3 is 4.57 Å². The lowest BCUT2D eigenvalue weighted by molar-refractivity contribution is 1.01. The Morgan fingerprint density at radius 1 is 0.370 bits per heavy atom. The first-order valence-electron chi connectivity index (χ1n) is 15.6. The van der Waals surface area contributed by atoms with Gasteiger partial charge in [-0.25, -0.2) is 9.97 Å². The molecule has 0 saturated carbocycles. The van der Waals surface area contributed by atoms with Gasteiger partial charge in [0.2, 0.25) is 5.95 Å². The molecule has 0 fully saturated rings. The van der Waals surface area contributed by atoms with Gasteiger partial charge in [-0.05, 0) is 41.8 Å². The lowest BCUT2D eigenvalue weighted by atomic mass is 10.0. The minimum absolute atomic E-state index is 0.669. The van der Waals surface area contributed by atoms with Gasteiger partial charge in [0.25, 0.3) is 0 Å². The second kappa shape index (κ2) is 9.62. The Bertz CT molecular complexity index is 2790. The van der Waals surface area contributed by atoms with Gasteiger partial charge in [0, 0.05) is 43.6 Å². The first-order valence-corrected chi connectivity index (χ1v) is 15.6. The summed E-state index contributed by atoms with van der Waals surface area (Å²) >= 11 is 0. The number of fused-ring (bicyclic) bond motifs is 10. The molecule has 46 heavy (non-hydrogen) atoms. The number of nitrogens with zero attached hydrogens (tertiary/aromatic N) is 4. The van der Waals surface area contributed by atoms with E-state index in [0.29, 0.717) is 5.95 Å². The second-order valence-corrected chi connectivity index (χ2v) is 11.8. The van der Waals surface area contributed by atoms with Crippen molar-refractivity contribution in [1.29, 1.82) is 0 Å². The predicted molar refractivity (Wildman–Crippen MR) is 191 cm³/mol. The van der Waals surface area contributed by atoms with Crippen molar-refractivity contribution in [2.45, 2.75) is 0 Å². The summed E-state index contributed by atoms with van der Waals surface area (Å²) in [5.41, 5.74) is 8.68. The van der Waals surface area contributed by atoms with Gasteiger partial charge in [0.15, 0.2) is 0 Å². The van der Waals surface area contributed by atoms with Gasteiger partial charge >= 0.3 is 0 Å². The third kappa shape index (κ3) is 3.49. The van der Waals surface area contributed by atoms with E-state index in [0.717, 1.165) is 38.9 Å². The first kappa shape index (κ1) is 25.1. The molecule has 0 aliphatic rings. The van der Waals surface area contributed by atoms with Crippen LogP contribution in [0.2, 0.25) is 0 Å². The lowest BCUT2D eigenvalue weighted by Gasteiger charge is -2.12. The van der Waals surface area contributed by atoms with Crippen LogP contribution in [0.4, 0.5) is 0 Å². The molecular formula is C42H26N4. The van der Waals surface area contributed by atoms with Crippen LogP contribution < -0.4 is 0 Å². The molecule has 3 heterocycles. The average molecular weight is 587 g/mol. The Hall–Kier alpha value is -6.26. The standard InChI is InChI=1S/C42H26N4/c1-3-13-27(14-4-1)40-33-18-7-10-20-35(33)43-42(44-40)46-37-22-12-9-19-34(37)39-30-23-24-31-29-17-8-11-21-36(29)45(28-15-5-2-6-16-28)41(31)32(30)25-26-38(39)46/h1-26H. The fourth-order valence-electron chi connectivity index (χ4n) is 7.37. The van der Waals surface area contributed by atoms with Gasteiger partial charge in [-0.3, -0.25) is 4.57 Å². The predicted octanol–water partition coefficient (Wildman–Crippen LogP) is 10.6. The highest BCUT2D eigenvalue weighted by molar-refractivity contribution is 6.27. The van der Waals surface area contributed by atoms with Crippen molar-refractivity contribution in [3.63, 3.8) is 0 Å². The van der Waals surface area contributed by atoms with Crippen LogP contribution in [0, 0.1) is 0 Å². The van der Waals surface area contributed by atoms with Gasteiger partial charge in [0.1, 0.15) is 0 Å². The summed E-state index contributed by atoms with van der Waals surface area (Å²) in [6, 6.07) is 55.9. The summed E-state index contributed by atoms with van der Waals surface area (Å²) < 4.78 is 4.65. The summed E-state index contributed by atoms with van der Waals surface area (Å²) in [6.45, 7) is 0. The third-order valence-corrected chi connectivity index (χ3v) is 9.32. The normalized spacial score (nSPS) is 11.9. The van der Waals surface area contributed by atoms with E-state index >= 15 is 0 Å². The number of rotatable bonds is 3. The van der Waals surface area contributed by atoms with Crippen LogP contribution in [0.15, 0.2) is 158 Å². The Labute approximate surface area is 264 Å². The van der Waals surface area contributed by atoms with Crippen molar-refractivity contribution in [3.8, 4) is 22.9 Å². The number of benzene rings is 7. The molecule has 0 saturated heterocycles. The molecule has 3 aromatic heterocycles. The zero-order chi connectivity index (χ0) is 30.2. The maximum Gasteiger partial charge on any atom is 0.235 e. The minimum Gasteiger partial charge on any atom is -0.309 e. The van der Waals surface area contributed by atoms with Crippen LogP contribution in [0.3, 0.4) is 0 Å². The second-order valence-electron chi connectivity index (χ2n) is 11.8. The van der Waals surface area contributed by atoms with E-state index in [2.05, 4.69) is 155 Å².